The fourth-order valence-corrected chi connectivity index (χ4v) is 1.85. The highest BCUT2D eigenvalue weighted by Gasteiger charge is 2.26. The maximum absolute atomic E-state index is 11.3. The monoisotopic (exact) mass is 226 g/mol. The molecule has 80 valence electrons. The summed E-state index contributed by atoms with van der Waals surface area (Å²) in [5.41, 5.74) is 1.04. The van der Waals surface area contributed by atoms with Gasteiger partial charge in [0.2, 0.25) is 0 Å². The van der Waals surface area contributed by atoms with Crippen molar-refractivity contribution in [3.8, 4) is 5.75 Å². The van der Waals surface area contributed by atoms with E-state index in [4.69, 9.17) is 16.3 Å². The van der Waals surface area contributed by atoms with Crippen LogP contribution in [0.1, 0.15) is 12.0 Å². The van der Waals surface area contributed by atoms with Crippen LogP contribution in [0.2, 0.25) is 5.02 Å². The SMILES string of the molecule is COC(=O)C1CCc2cc(Cl)ccc2O1. The molecule has 1 aliphatic heterocycles. The minimum absolute atomic E-state index is 0.324. The van der Waals surface area contributed by atoms with Gasteiger partial charge in [0, 0.05) is 5.02 Å². The van der Waals surface area contributed by atoms with Gasteiger partial charge >= 0.3 is 5.97 Å². The molecule has 1 unspecified atom stereocenters. The topological polar surface area (TPSA) is 35.5 Å². The average Bonchev–Trinajstić information content (AvgIpc) is 2.27. The Morgan fingerprint density at radius 3 is 3.13 bits per heavy atom. The van der Waals surface area contributed by atoms with Crippen molar-refractivity contribution >= 4 is 17.6 Å². The normalized spacial score (nSPS) is 18.9. The molecule has 1 heterocycles. The third-order valence-electron chi connectivity index (χ3n) is 2.43. The largest absolute Gasteiger partial charge is 0.478 e. The zero-order valence-corrected chi connectivity index (χ0v) is 9.08. The summed E-state index contributed by atoms with van der Waals surface area (Å²) in [5.74, 6) is 0.400. The number of fused-ring (bicyclic) bond motifs is 1. The van der Waals surface area contributed by atoms with Gasteiger partial charge in [0.1, 0.15) is 5.75 Å². The van der Waals surface area contributed by atoms with Gasteiger partial charge in [-0.05, 0) is 36.6 Å². The number of benzene rings is 1. The number of carbonyl (C=O) groups is 1. The van der Waals surface area contributed by atoms with E-state index in [1.807, 2.05) is 6.07 Å². The zero-order chi connectivity index (χ0) is 10.8. The zero-order valence-electron chi connectivity index (χ0n) is 8.33. The van der Waals surface area contributed by atoms with Crippen LogP contribution < -0.4 is 4.74 Å². The van der Waals surface area contributed by atoms with Gasteiger partial charge in [-0.3, -0.25) is 0 Å². The number of ether oxygens (including phenoxy) is 2. The molecule has 15 heavy (non-hydrogen) atoms. The molecule has 0 amide bonds. The van der Waals surface area contributed by atoms with Gasteiger partial charge < -0.3 is 9.47 Å². The van der Waals surface area contributed by atoms with E-state index < -0.39 is 6.10 Å². The van der Waals surface area contributed by atoms with Gasteiger partial charge in [0.15, 0.2) is 6.10 Å². The van der Waals surface area contributed by atoms with E-state index in [-0.39, 0.29) is 5.97 Å². The maximum atomic E-state index is 11.3. The standard InChI is InChI=1S/C11H11ClO3/c1-14-11(13)10-4-2-7-6-8(12)3-5-9(7)15-10/h3,5-6,10H,2,4H2,1H3. The average molecular weight is 227 g/mol. The summed E-state index contributed by atoms with van der Waals surface area (Å²) in [6, 6.07) is 5.40. The molecule has 0 radical (unpaired) electrons. The van der Waals surface area contributed by atoms with Crippen molar-refractivity contribution in [3.63, 3.8) is 0 Å². The van der Waals surface area contributed by atoms with Crippen molar-refractivity contribution < 1.29 is 14.3 Å². The van der Waals surface area contributed by atoms with Crippen LogP contribution in [0, 0.1) is 0 Å². The first-order chi connectivity index (χ1) is 7.20. The Balaban J connectivity index is 2.20. The van der Waals surface area contributed by atoms with Crippen LogP contribution in [-0.2, 0) is 16.0 Å². The predicted molar refractivity (Wildman–Crippen MR) is 56.2 cm³/mol. The van der Waals surface area contributed by atoms with Crippen molar-refractivity contribution in [2.24, 2.45) is 0 Å². The lowest BCUT2D eigenvalue weighted by molar-refractivity contribution is -0.149. The number of rotatable bonds is 1. The summed E-state index contributed by atoms with van der Waals surface area (Å²) in [4.78, 5) is 11.3. The Kier molecular flexibility index (Phi) is 2.82. The first-order valence-electron chi connectivity index (χ1n) is 4.73. The molecule has 1 aromatic rings. The Labute approximate surface area is 92.9 Å². The van der Waals surface area contributed by atoms with Gasteiger partial charge in [-0.2, -0.15) is 0 Å². The molecule has 1 atom stereocenters. The molecular formula is C11H11ClO3. The second kappa shape index (κ2) is 4.11. The van der Waals surface area contributed by atoms with Gasteiger partial charge in [0.25, 0.3) is 0 Å². The molecule has 3 nitrogen and oxygen atoms in total. The van der Waals surface area contributed by atoms with Gasteiger partial charge in [0.05, 0.1) is 7.11 Å². The second-order valence-electron chi connectivity index (χ2n) is 3.42. The Hall–Kier alpha value is -1.22. The number of halogens is 1. The van der Waals surface area contributed by atoms with Crippen LogP contribution in [0.15, 0.2) is 18.2 Å². The lowest BCUT2D eigenvalue weighted by Crippen LogP contribution is -2.32. The predicted octanol–water partition coefficient (Wildman–Crippen LogP) is 2.21. The van der Waals surface area contributed by atoms with Crippen molar-refractivity contribution in [1.82, 2.24) is 0 Å². The fourth-order valence-electron chi connectivity index (χ4n) is 1.65. The van der Waals surface area contributed by atoms with Gasteiger partial charge in [-0.15, -0.1) is 0 Å². The lowest BCUT2D eigenvalue weighted by Gasteiger charge is -2.24. The van der Waals surface area contributed by atoms with Crippen molar-refractivity contribution in [3.05, 3.63) is 28.8 Å². The molecule has 0 N–H and O–H groups in total. The second-order valence-corrected chi connectivity index (χ2v) is 3.86. The molecule has 0 saturated heterocycles. The summed E-state index contributed by atoms with van der Waals surface area (Å²) in [6.45, 7) is 0. The summed E-state index contributed by atoms with van der Waals surface area (Å²) in [6.07, 6.45) is 0.944. The Morgan fingerprint density at radius 2 is 2.40 bits per heavy atom. The molecule has 0 fully saturated rings. The number of aryl methyl sites for hydroxylation is 1. The van der Waals surface area contributed by atoms with Crippen molar-refractivity contribution in [2.45, 2.75) is 18.9 Å². The Bertz CT molecular complexity index is 389. The molecule has 0 aromatic heterocycles. The first-order valence-corrected chi connectivity index (χ1v) is 5.11. The van der Waals surface area contributed by atoms with E-state index >= 15 is 0 Å². The highest BCUT2D eigenvalue weighted by Crippen LogP contribution is 2.30. The lowest BCUT2D eigenvalue weighted by atomic mass is 10.0. The summed E-state index contributed by atoms with van der Waals surface area (Å²) in [5, 5.41) is 0.689. The molecule has 1 aromatic carbocycles. The molecule has 0 aliphatic carbocycles. The van der Waals surface area contributed by atoms with E-state index in [1.165, 1.54) is 7.11 Å². The van der Waals surface area contributed by atoms with Crippen LogP contribution in [0.4, 0.5) is 0 Å². The molecule has 2 rings (SSSR count). The minimum Gasteiger partial charge on any atom is -0.478 e. The maximum Gasteiger partial charge on any atom is 0.347 e. The molecule has 0 spiro atoms. The third kappa shape index (κ3) is 2.07. The molecule has 1 aliphatic rings. The van der Waals surface area contributed by atoms with E-state index in [0.29, 0.717) is 11.4 Å². The van der Waals surface area contributed by atoms with Crippen LogP contribution in [0.3, 0.4) is 0 Å². The van der Waals surface area contributed by atoms with Gasteiger partial charge in [-0.1, -0.05) is 11.6 Å². The van der Waals surface area contributed by atoms with Crippen molar-refractivity contribution in [1.29, 1.82) is 0 Å². The number of hydrogen-bond acceptors (Lipinski definition) is 3. The fraction of sp³-hybridized carbons (Fsp3) is 0.364. The van der Waals surface area contributed by atoms with Crippen molar-refractivity contribution in [2.75, 3.05) is 7.11 Å². The van der Waals surface area contributed by atoms with E-state index in [0.717, 1.165) is 17.7 Å². The smallest absolute Gasteiger partial charge is 0.347 e. The number of hydrogen-bond donors (Lipinski definition) is 0. The quantitative estimate of drug-likeness (QED) is 0.689. The van der Waals surface area contributed by atoms with E-state index in [9.17, 15) is 4.79 Å². The Morgan fingerprint density at radius 1 is 1.60 bits per heavy atom. The van der Waals surface area contributed by atoms with Crippen LogP contribution in [0.5, 0.6) is 5.75 Å². The summed E-state index contributed by atoms with van der Waals surface area (Å²) in [7, 11) is 1.36. The van der Waals surface area contributed by atoms with Gasteiger partial charge in [-0.25, -0.2) is 4.79 Å². The minimum atomic E-state index is -0.483. The first kappa shape index (κ1) is 10.3. The van der Waals surface area contributed by atoms with Crippen LogP contribution in [-0.4, -0.2) is 19.2 Å². The molecule has 0 bridgehead atoms. The number of esters is 1. The molecule has 0 saturated carbocycles. The van der Waals surface area contributed by atoms with Crippen LogP contribution in [0.25, 0.3) is 0 Å². The summed E-state index contributed by atoms with van der Waals surface area (Å²) < 4.78 is 10.1. The molecule has 4 heteroatoms. The number of methoxy groups -OCH3 is 1. The van der Waals surface area contributed by atoms with Crippen LogP contribution >= 0.6 is 11.6 Å². The third-order valence-corrected chi connectivity index (χ3v) is 2.67. The number of carbonyl (C=O) groups excluding carboxylic acids is 1. The van der Waals surface area contributed by atoms with E-state index in [2.05, 4.69) is 4.74 Å². The van der Waals surface area contributed by atoms with E-state index in [1.54, 1.807) is 12.1 Å². The highest BCUT2D eigenvalue weighted by atomic mass is 35.5. The highest BCUT2D eigenvalue weighted by molar-refractivity contribution is 6.30. The summed E-state index contributed by atoms with van der Waals surface area (Å²) >= 11 is 5.86. The molecular weight excluding hydrogens is 216 g/mol.